The molecule has 2 rings (SSSR count). The zero-order chi connectivity index (χ0) is 14.0. The molecule has 1 aromatic rings. The van der Waals surface area contributed by atoms with Crippen molar-refractivity contribution in [3.8, 4) is 0 Å². The molecule has 102 valence electrons. The molecular weight excluding hydrogens is 242 g/mol. The Morgan fingerprint density at radius 2 is 2.11 bits per heavy atom. The fourth-order valence-corrected chi connectivity index (χ4v) is 2.19. The molecule has 19 heavy (non-hydrogen) atoms. The van der Waals surface area contributed by atoms with Crippen LogP contribution in [0.15, 0.2) is 24.3 Å². The summed E-state index contributed by atoms with van der Waals surface area (Å²) in [5.41, 5.74) is 1.17. The van der Waals surface area contributed by atoms with Gasteiger partial charge >= 0.3 is 5.97 Å². The average molecular weight is 261 g/mol. The number of carbonyl (C=O) groups is 2. The molecule has 1 heterocycles. The van der Waals surface area contributed by atoms with Crippen molar-refractivity contribution in [2.75, 3.05) is 25.1 Å². The van der Waals surface area contributed by atoms with Crippen molar-refractivity contribution in [3.05, 3.63) is 29.8 Å². The second kappa shape index (κ2) is 5.03. The summed E-state index contributed by atoms with van der Waals surface area (Å²) in [7, 11) is 1.36. The van der Waals surface area contributed by atoms with Crippen molar-refractivity contribution in [1.29, 1.82) is 0 Å². The van der Waals surface area contributed by atoms with Gasteiger partial charge in [-0.05, 0) is 24.6 Å². The lowest BCUT2D eigenvalue weighted by Gasteiger charge is -2.36. The first-order valence-corrected chi connectivity index (χ1v) is 6.41. The van der Waals surface area contributed by atoms with Crippen LogP contribution in [0.1, 0.15) is 30.6 Å². The molecule has 0 aromatic heterocycles. The summed E-state index contributed by atoms with van der Waals surface area (Å²) in [6, 6.07) is 7.21. The first kappa shape index (κ1) is 13.6. The van der Waals surface area contributed by atoms with Crippen LogP contribution in [0.4, 0.5) is 5.69 Å². The van der Waals surface area contributed by atoms with Crippen molar-refractivity contribution < 1.29 is 14.3 Å². The van der Waals surface area contributed by atoms with Gasteiger partial charge in [0.2, 0.25) is 0 Å². The van der Waals surface area contributed by atoms with E-state index < -0.39 is 0 Å². The lowest BCUT2D eigenvalue weighted by molar-refractivity contribution is -0.127. The molecular formula is C15H19NO3. The van der Waals surface area contributed by atoms with Gasteiger partial charge in [0.1, 0.15) is 0 Å². The Balaban J connectivity index is 2.19. The Morgan fingerprint density at radius 3 is 2.74 bits per heavy atom. The van der Waals surface area contributed by atoms with Gasteiger partial charge in [0.25, 0.3) is 0 Å². The number of ether oxygens (including phenoxy) is 1. The van der Waals surface area contributed by atoms with Crippen LogP contribution in [0.2, 0.25) is 0 Å². The molecule has 0 radical (unpaired) electrons. The first-order valence-electron chi connectivity index (χ1n) is 6.41. The second-order valence-electron chi connectivity index (χ2n) is 5.52. The second-order valence-corrected chi connectivity index (χ2v) is 5.52. The molecule has 0 unspecified atom stereocenters. The van der Waals surface area contributed by atoms with Gasteiger partial charge < -0.3 is 9.64 Å². The minimum Gasteiger partial charge on any atom is -0.465 e. The number of hydrogen-bond donors (Lipinski definition) is 0. The lowest BCUT2D eigenvalue weighted by Crippen LogP contribution is -2.45. The maximum Gasteiger partial charge on any atom is 0.337 e. The van der Waals surface area contributed by atoms with Gasteiger partial charge in [-0.25, -0.2) is 4.79 Å². The van der Waals surface area contributed by atoms with Crippen LogP contribution < -0.4 is 4.90 Å². The molecule has 1 aliphatic rings. The van der Waals surface area contributed by atoms with E-state index in [1.165, 1.54) is 7.11 Å². The van der Waals surface area contributed by atoms with Crippen molar-refractivity contribution in [2.24, 2.45) is 5.41 Å². The Labute approximate surface area is 113 Å². The van der Waals surface area contributed by atoms with E-state index in [0.29, 0.717) is 12.1 Å². The monoisotopic (exact) mass is 261 g/mol. The molecule has 0 amide bonds. The molecule has 1 saturated heterocycles. The molecule has 0 N–H and O–H groups in total. The van der Waals surface area contributed by atoms with E-state index in [2.05, 4.69) is 0 Å². The molecule has 0 saturated carbocycles. The summed E-state index contributed by atoms with van der Waals surface area (Å²) >= 11 is 0. The maximum atomic E-state index is 12.0. The number of hydrogen-bond acceptors (Lipinski definition) is 4. The van der Waals surface area contributed by atoms with E-state index in [1.807, 2.05) is 30.9 Å². The van der Waals surface area contributed by atoms with E-state index in [9.17, 15) is 9.59 Å². The van der Waals surface area contributed by atoms with Gasteiger partial charge in [-0.3, -0.25) is 4.79 Å². The first-order chi connectivity index (χ1) is 8.94. The number of nitrogens with zero attached hydrogens (tertiary/aromatic N) is 1. The summed E-state index contributed by atoms with van der Waals surface area (Å²) < 4.78 is 4.71. The summed E-state index contributed by atoms with van der Waals surface area (Å²) in [5, 5.41) is 0. The van der Waals surface area contributed by atoms with Crippen molar-refractivity contribution in [3.63, 3.8) is 0 Å². The van der Waals surface area contributed by atoms with Crippen LogP contribution in [0.25, 0.3) is 0 Å². The number of methoxy groups -OCH3 is 1. The van der Waals surface area contributed by atoms with E-state index in [-0.39, 0.29) is 17.2 Å². The summed E-state index contributed by atoms with van der Waals surface area (Å²) in [6.07, 6.45) is 0.828. The SMILES string of the molecule is COC(=O)c1cccc(N2CCC(C)(C)C(=O)C2)c1. The van der Waals surface area contributed by atoms with Gasteiger partial charge in [-0.15, -0.1) is 0 Å². The highest BCUT2D eigenvalue weighted by Crippen LogP contribution is 2.29. The fraction of sp³-hybridized carbons (Fsp3) is 0.467. The number of ketones is 1. The Hall–Kier alpha value is -1.84. The smallest absolute Gasteiger partial charge is 0.337 e. The van der Waals surface area contributed by atoms with Crippen LogP contribution in [-0.2, 0) is 9.53 Å². The van der Waals surface area contributed by atoms with Gasteiger partial charge in [-0.1, -0.05) is 19.9 Å². The largest absolute Gasteiger partial charge is 0.465 e. The quantitative estimate of drug-likeness (QED) is 0.766. The third-order valence-corrected chi connectivity index (χ3v) is 3.73. The van der Waals surface area contributed by atoms with E-state index in [0.717, 1.165) is 18.7 Å². The number of carbonyl (C=O) groups excluding carboxylic acids is 2. The summed E-state index contributed by atoms with van der Waals surface area (Å²) in [5.74, 6) is -0.118. The van der Waals surface area contributed by atoms with Crippen LogP contribution in [0, 0.1) is 5.41 Å². The zero-order valence-corrected chi connectivity index (χ0v) is 11.6. The maximum absolute atomic E-state index is 12.0. The highest BCUT2D eigenvalue weighted by Gasteiger charge is 2.33. The lowest BCUT2D eigenvalue weighted by atomic mass is 9.81. The van der Waals surface area contributed by atoms with E-state index >= 15 is 0 Å². The van der Waals surface area contributed by atoms with Crippen molar-refractivity contribution in [2.45, 2.75) is 20.3 Å². The number of anilines is 1. The topological polar surface area (TPSA) is 46.6 Å². The van der Waals surface area contributed by atoms with Crippen LogP contribution >= 0.6 is 0 Å². The molecule has 4 nitrogen and oxygen atoms in total. The highest BCUT2D eigenvalue weighted by atomic mass is 16.5. The molecule has 0 atom stereocenters. The Bertz CT molecular complexity index is 508. The Kier molecular flexibility index (Phi) is 3.60. The minimum absolute atomic E-state index is 0.238. The zero-order valence-electron chi connectivity index (χ0n) is 11.6. The summed E-state index contributed by atoms with van der Waals surface area (Å²) in [6.45, 7) is 5.19. The molecule has 1 fully saturated rings. The molecule has 0 aliphatic carbocycles. The van der Waals surface area contributed by atoms with E-state index in [4.69, 9.17) is 4.74 Å². The van der Waals surface area contributed by atoms with Crippen LogP contribution in [0.5, 0.6) is 0 Å². The molecule has 0 spiro atoms. The standard InChI is InChI=1S/C15H19NO3/c1-15(2)7-8-16(10-13(15)17)12-6-4-5-11(9-12)14(18)19-3/h4-6,9H,7-8,10H2,1-3H3. The average Bonchev–Trinajstić information content (AvgIpc) is 2.41. The van der Waals surface area contributed by atoms with Crippen molar-refractivity contribution >= 4 is 17.4 Å². The predicted molar refractivity (Wildman–Crippen MR) is 73.4 cm³/mol. The predicted octanol–water partition coefficient (Wildman–Crippen LogP) is 2.28. The Morgan fingerprint density at radius 1 is 1.37 bits per heavy atom. The molecule has 4 heteroatoms. The fourth-order valence-electron chi connectivity index (χ4n) is 2.19. The van der Waals surface area contributed by atoms with Gasteiger partial charge in [-0.2, -0.15) is 0 Å². The number of esters is 1. The molecule has 0 bridgehead atoms. The molecule has 1 aliphatic heterocycles. The number of Topliss-reactive ketones (excluding diaryl/α,β-unsaturated/α-hetero) is 1. The van der Waals surface area contributed by atoms with Crippen molar-refractivity contribution in [1.82, 2.24) is 0 Å². The normalized spacial score (nSPS) is 18.3. The third kappa shape index (κ3) is 2.78. The molecule has 1 aromatic carbocycles. The third-order valence-electron chi connectivity index (χ3n) is 3.73. The van der Waals surface area contributed by atoms with Crippen LogP contribution in [-0.4, -0.2) is 32.0 Å². The highest BCUT2D eigenvalue weighted by molar-refractivity contribution is 5.92. The van der Waals surface area contributed by atoms with E-state index in [1.54, 1.807) is 12.1 Å². The number of benzene rings is 1. The van der Waals surface area contributed by atoms with Gasteiger partial charge in [0, 0.05) is 17.6 Å². The number of piperidine rings is 1. The number of rotatable bonds is 2. The van der Waals surface area contributed by atoms with Crippen LogP contribution in [0.3, 0.4) is 0 Å². The minimum atomic E-state index is -0.356. The van der Waals surface area contributed by atoms with Gasteiger partial charge in [0.05, 0.1) is 19.2 Å². The van der Waals surface area contributed by atoms with Gasteiger partial charge in [0.15, 0.2) is 5.78 Å². The summed E-state index contributed by atoms with van der Waals surface area (Å²) in [4.78, 5) is 25.6.